The molecule has 7 heteroatoms. The molecule has 0 aromatic heterocycles. The number of carbonyl (C=O) groups excluding carboxylic acids is 2. The van der Waals surface area contributed by atoms with Crippen LogP contribution in [0.2, 0.25) is 0 Å². The van der Waals surface area contributed by atoms with Gasteiger partial charge in [0.1, 0.15) is 6.04 Å². The summed E-state index contributed by atoms with van der Waals surface area (Å²) in [6.07, 6.45) is -0.174. The van der Waals surface area contributed by atoms with Gasteiger partial charge in [0.05, 0.1) is 19.6 Å². The van der Waals surface area contributed by atoms with Crippen LogP contribution in [0.4, 0.5) is 0 Å². The van der Waals surface area contributed by atoms with Crippen molar-refractivity contribution >= 4 is 17.8 Å². The van der Waals surface area contributed by atoms with Crippen molar-refractivity contribution in [2.24, 2.45) is 5.73 Å². The molecule has 0 fully saturated rings. The Labute approximate surface area is 122 Å². The van der Waals surface area contributed by atoms with Crippen molar-refractivity contribution in [3.8, 4) is 0 Å². The second-order valence-corrected chi connectivity index (χ2v) is 4.48. The second kappa shape index (κ2) is 8.01. The molecule has 0 heterocycles. The van der Waals surface area contributed by atoms with Gasteiger partial charge in [-0.1, -0.05) is 30.3 Å². The minimum absolute atomic E-state index is 0.275. The van der Waals surface area contributed by atoms with Crippen LogP contribution in [0.1, 0.15) is 12.0 Å². The first-order valence-corrected chi connectivity index (χ1v) is 6.33. The highest BCUT2D eigenvalue weighted by Crippen LogP contribution is 2.03. The summed E-state index contributed by atoms with van der Waals surface area (Å²) in [7, 11) is 1.14. The second-order valence-electron chi connectivity index (χ2n) is 4.48. The zero-order valence-electron chi connectivity index (χ0n) is 11.6. The summed E-state index contributed by atoms with van der Waals surface area (Å²) >= 11 is 0. The van der Waals surface area contributed by atoms with Crippen LogP contribution < -0.4 is 11.1 Å². The van der Waals surface area contributed by atoms with E-state index in [9.17, 15) is 14.4 Å². The van der Waals surface area contributed by atoms with Crippen LogP contribution in [0.5, 0.6) is 0 Å². The van der Waals surface area contributed by atoms with E-state index in [1.807, 2.05) is 30.3 Å². The summed E-state index contributed by atoms with van der Waals surface area (Å²) in [5.41, 5.74) is 6.60. The first-order chi connectivity index (χ1) is 9.93. The Morgan fingerprint density at radius 2 is 1.90 bits per heavy atom. The lowest BCUT2D eigenvalue weighted by molar-refractivity contribution is -0.148. The van der Waals surface area contributed by atoms with Gasteiger partial charge in [0.15, 0.2) is 0 Å². The minimum Gasteiger partial charge on any atom is -0.480 e. The Morgan fingerprint density at radius 1 is 1.29 bits per heavy atom. The van der Waals surface area contributed by atoms with E-state index in [4.69, 9.17) is 10.8 Å². The number of hydrogen-bond acceptors (Lipinski definition) is 5. The maximum atomic E-state index is 11.9. The Morgan fingerprint density at radius 3 is 2.43 bits per heavy atom. The monoisotopic (exact) mass is 294 g/mol. The van der Waals surface area contributed by atoms with Gasteiger partial charge in [-0.15, -0.1) is 0 Å². The fourth-order valence-electron chi connectivity index (χ4n) is 1.69. The molecular formula is C14H18N2O5. The molecular weight excluding hydrogens is 276 g/mol. The predicted octanol–water partition coefficient (Wildman–Crippen LogP) is -0.311. The van der Waals surface area contributed by atoms with E-state index in [1.165, 1.54) is 0 Å². The highest BCUT2D eigenvalue weighted by molar-refractivity contribution is 5.89. The zero-order chi connectivity index (χ0) is 15.8. The normalized spacial score (nSPS) is 13.0. The number of esters is 1. The summed E-state index contributed by atoms with van der Waals surface area (Å²) < 4.78 is 4.38. The number of ether oxygens (including phenoxy) is 1. The maximum absolute atomic E-state index is 11.9. The molecule has 0 aliphatic rings. The van der Waals surface area contributed by atoms with E-state index in [-0.39, 0.29) is 6.42 Å². The molecule has 0 aliphatic heterocycles. The molecule has 2 atom stereocenters. The Kier molecular flexibility index (Phi) is 6.35. The van der Waals surface area contributed by atoms with Gasteiger partial charge < -0.3 is 20.9 Å². The molecule has 0 spiro atoms. The van der Waals surface area contributed by atoms with Gasteiger partial charge in [-0.25, -0.2) is 4.79 Å². The molecule has 0 radical (unpaired) electrons. The number of carbonyl (C=O) groups is 3. The van der Waals surface area contributed by atoms with E-state index in [0.29, 0.717) is 0 Å². The lowest BCUT2D eigenvalue weighted by atomic mass is 10.1. The van der Waals surface area contributed by atoms with Crippen LogP contribution in [0.15, 0.2) is 30.3 Å². The number of carboxylic acid groups (broad SMARTS) is 1. The van der Waals surface area contributed by atoms with Crippen molar-refractivity contribution in [1.82, 2.24) is 5.32 Å². The number of rotatable bonds is 7. The summed E-state index contributed by atoms with van der Waals surface area (Å²) in [5.74, 6) is -2.67. The van der Waals surface area contributed by atoms with Crippen LogP contribution in [0.3, 0.4) is 0 Å². The van der Waals surface area contributed by atoms with Gasteiger partial charge in [-0.2, -0.15) is 0 Å². The molecule has 1 amide bonds. The fourth-order valence-corrected chi connectivity index (χ4v) is 1.69. The number of nitrogens with one attached hydrogen (secondary N) is 1. The molecule has 0 saturated carbocycles. The lowest BCUT2D eigenvalue weighted by Gasteiger charge is -2.17. The zero-order valence-corrected chi connectivity index (χ0v) is 11.6. The average molecular weight is 294 g/mol. The number of amides is 1. The smallest absolute Gasteiger partial charge is 0.326 e. The highest BCUT2D eigenvalue weighted by atomic mass is 16.5. The van der Waals surface area contributed by atoms with Crippen molar-refractivity contribution in [3.05, 3.63) is 35.9 Å². The van der Waals surface area contributed by atoms with Gasteiger partial charge in [-0.05, 0) is 12.0 Å². The quantitative estimate of drug-likeness (QED) is 0.593. The number of nitrogens with two attached hydrogens (primary N) is 1. The largest absolute Gasteiger partial charge is 0.480 e. The van der Waals surface area contributed by atoms with Crippen molar-refractivity contribution in [1.29, 1.82) is 0 Å². The number of methoxy groups -OCH3 is 1. The molecule has 114 valence electrons. The highest BCUT2D eigenvalue weighted by Gasteiger charge is 2.26. The van der Waals surface area contributed by atoms with E-state index < -0.39 is 36.4 Å². The Balaban J connectivity index is 2.60. The third-order valence-corrected chi connectivity index (χ3v) is 2.85. The maximum Gasteiger partial charge on any atom is 0.326 e. The molecule has 0 saturated heterocycles. The van der Waals surface area contributed by atoms with Crippen molar-refractivity contribution in [2.75, 3.05) is 7.11 Å². The van der Waals surface area contributed by atoms with Crippen LogP contribution in [0, 0.1) is 0 Å². The van der Waals surface area contributed by atoms with Gasteiger partial charge in [0, 0.05) is 0 Å². The van der Waals surface area contributed by atoms with E-state index >= 15 is 0 Å². The molecule has 21 heavy (non-hydrogen) atoms. The van der Waals surface area contributed by atoms with Gasteiger partial charge in [0.25, 0.3) is 0 Å². The van der Waals surface area contributed by atoms with E-state index in [2.05, 4.69) is 10.1 Å². The van der Waals surface area contributed by atoms with Crippen molar-refractivity contribution in [2.45, 2.75) is 24.9 Å². The summed E-state index contributed by atoms with van der Waals surface area (Å²) in [6.45, 7) is 0. The van der Waals surface area contributed by atoms with Crippen molar-refractivity contribution in [3.63, 3.8) is 0 Å². The third kappa shape index (κ3) is 5.62. The summed E-state index contributed by atoms with van der Waals surface area (Å²) in [6, 6.07) is 6.85. The average Bonchev–Trinajstić information content (AvgIpc) is 2.47. The number of benzene rings is 1. The number of aliphatic carboxylic acids is 1. The van der Waals surface area contributed by atoms with Crippen LogP contribution in [-0.4, -0.2) is 42.1 Å². The third-order valence-electron chi connectivity index (χ3n) is 2.85. The first-order valence-electron chi connectivity index (χ1n) is 6.33. The lowest BCUT2D eigenvalue weighted by Crippen LogP contribution is -2.50. The van der Waals surface area contributed by atoms with Crippen molar-refractivity contribution < 1.29 is 24.2 Å². The Bertz CT molecular complexity index is 503. The molecule has 1 rings (SSSR count). The Hall–Kier alpha value is -2.41. The van der Waals surface area contributed by atoms with Gasteiger partial charge >= 0.3 is 11.9 Å². The van der Waals surface area contributed by atoms with Crippen LogP contribution in [0.25, 0.3) is 0 Å². The van der Waals surface area contributed by atoms with Gasteiger partial charge in [-0.3, -0.25) is 9.59 Å². The van der Waals surface area contributed by atoms with Gasteiger partial charge in [0.2, 0.25) is 5.91 Å². The van der Waals surface area contributed by atoms with Crippen LogP contribution in [-0.2, 0) is 25.5 Å². The standard InChI is InChI=1S/C14H18N2O5/c1-21-12(17)8-11(14(19)20)16-13(18)10(15)7-9-5-3-2-4-6-9/h2-6,10-11H,7-8,15H2,1H3,(H,16,18)(H,19,20)/t10?,11-/m0/s1. The first kappa shape index (κ1) is 16.6. The summed E-state index contributed by atoms with van der Waals surface area (Å²) in [4.78, 5) is 34.0. The summed E-state index contributed by atoms with van der Waals surface area (Å²) in [5, 5.41) is 11.2. The molecule has 1 aromatic rings. The SMILES string of the molecule is COC(=O)C[C@H](NC(=O)C(N)Cc1ccccc1)C(=O)O. The molecule has 1 unspecified atom stereocenters. The molecule has 1 aromatic carbocycles. The minimum atomic E-state index is -1.35. The predicted molar refractivity (Wildman–Crippen MR) is 74.3 cm³/mol. The molecule has 0 bridgehead atoms. The van der Waals surface area contributed by atoms with E-state index in [1.54, 1.807) is 0 Å². The van der Waals surface area contributed by atoms with Crippen LogP contribution >= 0.6 is 0 Å². The van der Waals surface area contributed by atoms with E-state index in [0.717, 1.165) is 12.7 Å². The fraction of sp³-hybridized carbons (Fsp3) is 0.357. The molecule has 0 aliphatic carbocycles. The topological polar surface area (TPSA) is 119 Å². The molecule has 7 nitrogen and oxygen atoms in total. The molecule has 4 N–H and O–H groups in total. The number of carboxylic acids is 1. The number of hydrogen-bond donors (Lipinski definition) is 3.